The molecule has 4 heteroatoms. The third kappa shape index (κ3) is 4.06. The van der Waals surface area contributed by atoms with Crippen LogP contribution in [0.3, 0.4) is 0 Å². The highest BCUT2D eigenvalue weighted by molar-refractivity contribution is 7.97. The van der Waals surface area contributed by atoms with E-state index in [1.165, 1.54) is 0 Å². The van der Waals surface area contributed by atoms with Crippen LogP contribution in [0.1, 0.15) is 24.2 Å². The second-order valence-corrected chi connectivity index (χ2v) is 6.46. The largest absolute Gasteiger partial charge is 0.379 e. The molecule has 1 heterocycles. The summed E-state index contributed by atoms with van der Waals surface area (Å²) < 4.78 is 7.62. The van der Waals surface area contributed by atoms with Gasteiger partial charge in [0.1, 0.15) is 0 Å². The Bertz CT molecular complexity index is 413. The SMILES string of the molecule is CC(C)(CSN1CCOCC1)C(=O)c1ccccc1. The lowest BCUT2D eigenvalue weighted by Gasteiger charge is -2.29. The number of Topliss-reactive ketones (excluding diaryl/α,β-unsaturated/α-hetero) is 1. The van der Waals surface area contributed by atoms with E-state index < -0.39 is 0 Å². The molecule has 0 unspecified atom stereocenters. The molecule has 1 aliphatic heterocycles. The number of hydrogen-bond acceptors (Lipinski definition) is 4. The molecule has 0 bridgehead atoms. The first-order chi connectivity index (χ1) is 9.09. The Balaban J connectivity index is 1.92. The molecule has 19 heavy (non-hydrogen) atoms. The van der Waals surface area contributed by atoms with Gasteiger partial charge in [0.05, 0.1) is 13.2 Å². The summed E-state index contributed by atoms with van der Waals surface area (Å²) in [6, 6.07) is 9.55. The number of nitrogens with zero attached hydrogens (tertiary/aromatic N) is 1. The van der Waals surface area contributed by atoms with Crippen molar-refractivity contribution in [1.29, 1.82) is 0 Å². The molecule has 0 amide bonds. The van der Waals surface area contributed by atoms with E-state index in [2.05, 4.69) is 4.31 Å². The summed E-state index contributed by atoms with van der Waals surface area (Å²) in [6.07, 6.45) is 0. The highest BCUT2D eigenvalue weighted by atomic mass is 32.2. The van der Waals surface area contributed by atoms with Crippen molar-refractivity contribution in [1.82, 2.24) is 4.31 Å². The third-order valence-electron chi connectivity index (χ3n) is 3.23. The number of benzene rings is 1. The Morgan fingerprint density at radius 1 is 1.26 bits per heavy atom. The molecular weight excluding hydrogens is 258 g/mol. The maximum atomic E-state index is 12.5. The highest BCUT2D eigenvalue weighted by Crippen LogP contribution is 2.28. The van der Waals surface area contributed by atoms with Gasteiger partial charge in [-0.15, -0.1) is 0 Å². The summed E-state index contributed by atoms with van der Waals surface area (Å²) in [5.41, 5.74) is 0.458. The van der Waals surface area contributed by atoms with Crippen LogP contribution in [0.15, 0.2) is 30.3 Å². The van der Waals surface area contributed by atoms with Crippen LogP contribution in [0.4, 0.5) is 0 Å². The van der Waals surface area contributed by atoms with Gasteiger partial charge in [-0.3, -0.25) is 4.79 Å². The van der Waals surface area contributed by atoms with Gasteiger partial charge >= 0.3 is 0 Å². The van der Waals surface area contributed by atoms with Crippen molar-refractivity contribution in [3.63, 3.8) is 0 Å². The van der Waals surface area contributed by atoms with Crippen molar-refractivity contribution in [2.45, 2.75) is 13.8 Å². The smallest absolute Gasteiger partial charge is 0.169 e. The van der Waals surface area contributed by atoms with E-state index in [-0.39, 0.29) is 11.2 Å². The molecule has 104 valence electrons. The van der Waals surface area contributed by atoms with Crippen LogP contribution in [-0.4, -0.2) is 42.1 Å². The normalized spacial score (nSPS) is 17.4. The van der Waals surface area contributed by atoms with Crippen molar-refractivity contribution in [2.24, 2.45) is 5.41 Å². The van der Waals surface area contributed by atoms with Crippen molar-refractivity contribution in [3.05, 3.63) is 35.9 Å². The monoisotopic (exact) mass is 279 g/mol. The van der Waals surface area contributed by atoms with E-state index in [1.807, 2.05) is 44.2 Å². The van der Waals surface area contributed by atoms with Crippen LogP contribution < -0.4 is 0 Å². The van der Waals surface area contributed by atoms with E-state index in [0.717, 1.165) is 37.6 Å². The zero-order chi connectivity index (χ0) is 13.7. The van der Waals surface area contributed by atoms with E-state index in [0.29, 0.717) is 0 Å². The van der Waals surface area contributed by atoms with Crippen molar-refractivity contribution in [3.8, 4) is 0 Å². The zero-order valence-corrected chi connectivity index (χ0v) is 12.4. The van der Waals surface area contributed by atoms with Gasteiger partial charge in [-0.05, 0) is 0 Å². The summed E-state index contributed by atoms with van der Waals surface area (Å²) in [4.78, 5) is 12.5. The molecule has 0 aliphatic carbocycles. The standard InChI is InChI=1S/C15H21NO2S/c1-15(2,12-19-16-8-10-18-11-9-16)14(17)13-6-4-3-5-7-13/h3-7H,8-12H2,1-2H3. The number of rotatable bonds is 5. The number of carbonyl (C=O) groups excluding carboxylic acids is 1. The summed E-state index contributed by atoms with van der Waals surface area (Å²) in [5.74, 6) is 1.02. The fourth-order valence-electron chi connectivity index (χ4n) is 1.97. The topological polar surface area (TPSA) is 29.5 Å². The lowest BCUT2D eigenvalue weighted by Crippen LogP contribution is -2.34. The minimum atomic E-state index is -0.343. The molecule has 0 aromatic heterocycles. The van der Waals surface area contributed by atoms with Crippen LogP contribution >= 0.6 is 11.9 Å². The summed E-state index contributed by atoms with van der Waals surface area (Å²) in [6.45, 7) is 7.52. The minimum absolute atomic E-state index is 0.217. The Labute approximate surface area is 119 Å². The van der Waals surface area contributed by atoms with Gasteiger partial charge in [-0.25, -0.2) is 4.31 Å². The second-order valence-electron chi connectivity index (χ2n) is 5.39. The van der Waals surface area contributed by atoms with E-state index >= 15 is 0 Å². The Morgan fingerprint density at radius 3 is 2.53 bits per heavy atom. The molecule has 0 spiro atoms. The van der Waals surface area contributed by atoms with E-state index in [9.17, 15) is 4.79 Å². The molecule has 1 aromatic rings. The molecule has 1 aliphatic rings. The maximum absolute atomic E-state index is 12.5. The van der Waals surface area contributed by atoms with Crippen molar-refractivity contribution >= 4 is 17.7 Å². The average Bonchev–Trinajstić information content (AvgIpc) is 2.46. The molecule has 0 saturated carbocycles. The predicted octanol–water partition coefficient (Wildman–Crippen LogP) is 2.88. The highest BCUT2D eigenvalue weighted by Gasteiger charge is 2.29. The molecule has 0 atom stereocenters. The van der Waals surface area contributed by atoms with Crippen LogP contribution in [-0.2, 0) is 4.74 Å². The number of ether oxygens (including phenoxy) is 1. The van der Waals surface area contributed by atoms with Crippen LogP contribution in [0.25, 0.3) is 0 Å². The molecule has 0 radical (unpaired) electrons. The fourth-order valence-corrected chi connectivity index (χ4v) is 3.02. The zero-order valence-electron chi connectivity index (χ0n) is 11.6. The Kier molecular flexibility index (Phi) is 5.02. The van der Waals surface area contributed by atoms with Crippen molar-refractivity contribution in [2.75, 3.05) is 32.1 Å². The molecule has 1 aromatic carbocycles. The summed E-state index contributed by atoms with van der Waals surface area (Å²) in [5, 5.41) is 0. The number of carbonyl (C=O) groups is 1. The van der Waals surface area contributed by atoms with Gasteiger partial charge in [0.15, 0.2) is 5.78 Å². The first-order valence-corrected chi connectivity index (χ1v) is 7.59. The first-order valence-electron chi connectivity index (χ1n) is 6.65. The second kappa shape index (κ2) is 6.55. The Morgan fingerprint density at radius 2 is 1.89 bits per heavy atom. The van der Waals surface area contributed by atoms with Gasteiger partial charge in [0.2, 0.25) is 0 Å². The predicted molar refractivity (Wildman–Crippen MR) is 79.4 cm³/mol. The molecule has 1 saturated heterocycles. The van der Waals surface area contributed by atoms with Gasteiger partial charge in [0, 0.05) is 29.8 Å². The molecule has 2 rings (SSSR count). The lowest BCUT2D eigenvalue weighted by molar-refractivity contribution is 0.0766. The molecule has 1 fully saturated rings. The number of ketones is 1. The molecular formula is C15H21NO2S. The van der Waals surface area contributed by atoms with Crippen LogP contribution in [0.5, 0.6) is 0 Å². The number of hydrogen-bond donors (Lipinski definition) is 0. The van der Waals surface area contributed by atoms with Gasteiger partial charge < -0.3 is 4.74 Å². The molecule has 3 nitrogen and oxygen atoms in total. The van der Waals surface area contributed by atoms with Gasteiger partial charge in [-0.2, -0.15) is 0 Å². The first kappa shape index (κ1) is 14.6. The third-order valence-corrected chi connectivity index (χ3v) is 4.81. The van der Waals surface area contributed by atoms with E-state index in [4.69, 9.17) is 4.74 Å². The summed E-state index contributed by atoms with van der Waals surface area (Å²) in [7, 11) is 0. The average molecular weight is 279 g/mol. The van der Waals surface area contributed by atoms with E-state index in [1.54, 1.807) is 11.9 Å². The minimum Gasteiger partial charge on any atom is -0.379 e. The van der Waals surface area contributed by atoms with Gasteiger partial charge in [0.25, 0.3) is 0 Å². The lowest BCUT2D eigenvalue weighted by atomic mass is 9.86. The fraction of sp³-hybridized carbons (Fsp3) is 0.533. The maximum Gasteiger partial charge on any atom is 0.169 e. The molecule has 0 N–H and O–H groups in total. The summed E-state index contributed by atoms with van der Waals surface area (Å²) >= 11 is 1.76. The Hall–Kier alpha value is -0.840. The van der Waals surface area contributed by atoms with Crippen LogP contribution in [0.2, 0.25) is 0 Å². The van der Waals surface area contributed by atoms with Crippen molar-refractivity contribution < 1.29 is 9.53 Å². The number of morpholine rings is 1. The van der Waals surface area contributed by atoms with Crippen LogP contribution in [0, 0.1) is 5.41 Å². The van der Waals surface area contributed by atoms with Gasteiger partial charge in [-0.1, -0.05) is 56.1 Å². The quantitative estimate of drug-likeness (QED) is 0.612.